The number of nitrogen functional groups attached to an aromatic ring is 1. The Morgan fingerprint density at radius 3 is 2.45 bits per heavy atom. The molecule has 0 bridgehead atoms. The van der Waals surface area contributed by atoms with Gasteiger partial charge in [0.15, 0.2) is 0 Å². The lowest BCUT2D eigenvalue weighted by atomic mass is 10.1. The number of rotatable bonds is 1. The van der Waals surface area contributed by atoms with E-state index >= 15 is 0 Å². The maximum Gasteiger partial charge on any atom is 0.124 e. The molecule has 2 N–H and O–H groups in total. The van der Waals surface area contributed by atoms with Gasteiger partial charge in [-0.25, -0.2) is 0 Å². The molecule has 2 nitrogen and oxygen atoms in total. The molecule has 0 spiro atoms. The normalized spacial score (nSPS) is 9.73. The standard InChI is InChI=1S/C9H13NO/c1-6-4-8(10)5-9(11-3)7(6)2/h4-5H,10H2,1-3H3. The van der Waals surface area contributed by atoms with E-state index in [1.165, 1.54) is 5.56 Å². The summed E-state index contributed by atoms with van der Waals surface area (Å²) in [7, 11) is 1.65. The van der Waals surface area contributed by atoms with Gasteiger partial charge in [-0.2, -0.15) is 0 Å². The van der Waals surface area contributed by atoms with Crippen LogP contribution in [0.4, 0.5) is 5.69 Å². The Labute approximate surface area is 67.0 Å². The highest BCUT2D eigenvalue weighted by Crippen LogP contribution is 2.23. The van der Waals surface area contributed by atoms with Gasteiger partial charge in [0.2, 0.25) is 0 Å². The molecule has 0 saturated carbocycles. The van der Waals surface area contributed by atoms with Crippen LogP contribution in [0.3, 0.4) is 0 Å². The molecule has 0 aliphatic rings. The van der Waals surface area contributed by atoms with E-state index in [1.807, 2.05) is 26.0 Å². The Bertz CT molecular complexity index is 269. The first-order valence-corrected chi connectivity index (χ1v) is 3.56. The van der Waals surface area contributed by atoms with E-state index in [-0.39, 0.29) is 0 Å². The Hall–Kier alpha value is -1.18. The average molecular weight is 151 g/mol. The topological polar surface area (TPSA) is 35.2 Å². The third-order valence-corrected chi connectivity index (χ3v) is 1.86. The summed E-state index contributed by atoms with van der Waals surface area (Å²) in [5.74, 6) is 0.863. The Balaban J connectivity index is 3.24. The van der Waals surface area contributed by atoms with Crippen molar-refractivity contribution in [1.29, 1.82) is 0 Å². The van der Waals surface area contributed by atoms with Gasteiger partial charge in [-0.15, -0.1) is 0 Å². The Kier molecular flexibility index (Phi) is 2.03. The average Bonchev–Trinajstić information content (AvgIpc) is 1.96. The number of hydrogen-bond acceptors (Lipinski definition) is 2. The molecule has 1 aromatic rings. The largest absolute Gasteiger partial charge is 0.496 e. The van der Waals surface area contributed by atoms with Gasteiger partial charge in [0.1, 0.15) is 5.75 Å². The predicted molar refractivity (Wildman–Crippen MR) is 46.9 cm³/mol. The highest BCUT2D eigenvalue weighted by atomic mass is 16.5. The van der Waals surface area contributed by atoms with Crippen LogP contribution in [0, 0.1) is 13.8 Å². The second-order valence-electron chi connectivity index (χ2n) is 2.67. The third kappa shape index (κ3) is 1.45. The third-order valence-electron chi connectivity index (χ3n) is 1.86. The Morgan fingerprint density at radius 2 is 1.91 bits per heavy atom. The molecule has 0 heterocycles. The Morgan fingerprint density at radius 1 is 1.27 bits per heavy atom. The first kappa shape index (κ1) is 7.92. The fourth-order valence-corrected chi connectivity index (χ4v) is 1.07. The molecule has 0 amide bonds. The molecule has 0 atom stereocenters. The van der Waals surface area contributed by atoms with Crippen molar-refractivity contribution in [3.05, 3.63) is 23.3 Å². The van der Waals surface area contributed by atoms with Gasteiger partial charge < -0.3 is 10.5 Å². The van der Waals surface area contributed by atoms with Gasteiger partial charge in [0, 0.05) is 11.8 Å². The molecule has 0 aromatic heterocycles. The van der Waals surface area contributed by atoms with Crippen LogP contribution in [0.1, 0.15) is 11.1 Å². The molecule has 0 aliphatic carbocycles. The number of ether oxygens (including phenoxy) is 1. The molecule has 11 heavy (non-hydrogen) atoms. The van der Waals surface area contributed by atoms with Gasteiger partial charge in [-0.05, 0) is 31.0 Å². The molecule has 60 valence electrons. The second-order valence-corrected chi connectivity index (χ2v) is 2.67. The minimum Gasteiger partial charge on any atom is -0.496 e. The van der Waals surface area contributed by atoms with Crippen LogP contribution in [0.2, 0.25) is 0 Å². The smallest absolute Gasteiger partial charge is 0.124 e. The van der Waals surface area contributed by atoms with Crippen molar-refractivity contribution >= 4 is 5.69 Å². The van der Waals surface area contributed by atoms with Crippen molar-refractivity contribution in [2.75, 3.05) is 12.8 Å². The summed E-state index contributed by atoms with van der Waals surface area (Å²) in [6, 6.07) is 3.78. The number of anilines is 1. The van der Waals surface area contributed by atoms with Gasteiger partial charge in [-0.1, -0.05) is 0 Å². The van der Waals surface area contributed by atoms with E-state index in [0.717, 1.165) is 17.0 Å². The van der Waals surface area contributed by atoms with Crippen LogP contribution in [0.25, 0.3) is 0 Å². The van der Waals surface area contributed by atoms with Gasteiger partial charge in [0.25, 0.3) is 0 Å². The van der Waals surface area contributed by atoms with E-state index in [2.05, 4.69) is 0 Å². The summed E-state index contributed by atoms with van der Waals surface area (Å²) in [6.07, 6.45) is 0. The van der Waals surface area contributed by atoms with Crippen LogP contribution in [-0.4, -0.2) is 7.11 Å². The number of benzene rings is 1. The number of hydrogen-bond donors (Lipinski definition) is 1. The molecule has 0 saturated heterocycles. The lowest BCUT2D eigenvalue weighted by Gasteiger charge is -2.07. The predicted octanol–water partition coefficient (Wildman–Crippen LogP) is 1.89. The molecular formula is C9H13NO. The van der Waals surface area contributed by atoms with Crippen molar-refractivity contribution in [1.82, 2.24) is 0 Å². The zero-order chi connectivity index (χ0) is 8.43. The number of nitrogens with two attached hydrogens (primary N) is 1. The second kappa shape index (κ2) is 2.82. The quantitative estimate of drug-likeness (QED) is 0.622. The molecule has 0 aliphatic heterocycles. The summed E-state index contributed by atoms with van der Waals surface area (Å²) in [6.45, 7) is 4.04. The van der Waals surface area contributed by atoms with Crippen molar-refractivity contribution in [3.8, 4) is 5.75 Å². The molecule has 2 heteroatoms. The number of aryl methyl sites for hydroxylation is 1. The van der Waals surface area contributed by atoms with E-state index < -0.39 is 0 Å². The maximum atomic E-state index is 5.62. The first-order valence-electron chi connectivity index (χ1n) is 3.56. The monoisotopic (exact) mass is 151 g/mol. The van der Waals surface area contributed by atoms with E-state index in [4.69, 9.17) is 10.5 Å². The van der Waals surface area contributed by atoms with Crippen LogP contribution < -0.4 is 10.5 Å². The highest BCUT2D eigenvalue weighted by molar-refractivity contribution is 5.52. The van der Waals surface area contributed by atoms with Gasteiger partial charge in [-0.3, -0.25) is 0 Å². The fraction of sp³-hybridized carbons (Fsp3) is 0.333. The summed E-state index contributed by atoms with van der Waals surface area (Å²) in [5, 5.41) is 0. The lowest BCUT2D eigenvalue weighted by Crippen LogP contribution is -1.93. The van der Waals surface area contributed by atoms with E-state index in [1.54, 1.807) is 7.11 Å². The van der Waals surface area contributed by atoms with Gasteiger partial charge >= 0.3 is 0 Å². The minimum absolute atomic E-state index is 0.755. The number of methoxy groups -OCH3 is 1. The summed E-state index contributed by atoms with van der Waals surface area (Å²) in [5.41, 5.74) is 8.70. The zero-order valence-corrected chi connectivity index (χ0v) is 7.14. The SMILES string of the molecule is COc1cc(N)cc(C)c1C. The first-order chi connectivity index (χ1) is 5.15. The summed E-state index contributed by atoms with van der Waals surface area (Å²) in [4.78, 5) is 0. The molecule has 1 rings (SSSR count). The van der Waals surface area contributed by atoms with Gasteiger partial charge in [0.05, 0.1) is 7.11 Å². The van der Waals surface area contributed by atoms with Crippen molar-refractivity contribution in [2.45, 2.75) is 13.8 Å². The zero-order valence-electron chi connectivity index (χ0n) is 7.14. The van der Waals surface area contributed by atoms with Crippen molar-refractivity contribution < 1.29 is 4.74 Å². The van der Waals surface area contributed by atoms with E-state index in [9.17, 15) is 0 Å². The summed E-state index contributed by atoms with van der Waals surface area (Å²) < 4.78 is 5.13. The molecular weight excluding hydrogens is 138 g/mol. The van der Waals surface area contributed by atoms with E-state index in [0.29, 0.717) is 0 Å². The highest BCUT2D eigenvalue weighted by Gasteiger charge is 2.01. The fourth-order valence-electron chi connectivity index (χ4n) is 1.07. The van der Waals surface area contributed by atoms with Crippen LogP contribution in [-0.2, 0) is 0 Å². The minimum atomic E-state index is 0.755. The van der Waals surface area contributed by atoms with Crippen molar-refractivity contribution in [3.63, 3.8) is 0 Å². The van der Waals surface area contributed by atoms with Crippen molar-refractivity contribution in [2.24, 2.45) is 0 Å². The van der Waals surface area contributed by atoms with Crippen LogP contribution in [0.5, 0.6) is 5.75 Å². The summed E-state index contributed by atoms with van der Waals surface area (Å²) >= 11 is 0. The van der Waals surface area contributed by atoms with Crippen LogP contribution in [0.15, 0.2) is 12.1 Å². The molecule has 0 fully saturated rings. The van der Waals surface area contributed by atoms with Crippen LogP contribution >= 0.6 is 0 Å². The molecule has 1 aromatic carbocycles. The lowest BCUT2D eigenvalue weighted by molar-refractivity contribution is 0.411. The maximum absolute atomic E-state index is 5.62. The molecule has 0 unspecified atom stereocenters. The molecule has 0 radical (unpaired) electrons.